The maximum absolute atomic E-state index is 14.7. The summed E-state index contributed by atoms with van der Waals surface area (Å²) >= 11 is 3.85. The maximum Gasteiger partial charge on any atom is 0.165 e. The Labute approximate surface area is 190 Å². The number of nitrogens with one attached hydrogen (secondary N) is 2. The van der Waals surface area contributed by atoms with Crippen LogP contribution >= 0.6 is 11.6 Å². The molecular formula is C23H27ClFN2O3S-. The van der Waals surface area contributed by atoms with Crippen molar-refractivity contribution in [2.24, 2.45) is 0 Å². The molecular weight excluding hydrogens is 439 g/mol. The molecule has 2 aromatic rings. The molecule has 5 nitrogen and oxygen atoms in total. The number of ether oxygens (including phenoxy) is 1. The van der Waals surface area contributed by atoms with Crippen molar-refractivity contribution in [1.29, 1.82) is 0 Å². The summed E-state index contributed by atoms with van der Waals surface area (Å²) in [6.45, 7) is 0.258. The Morgan fingerprint density at radius 3 is 2.77 bits per heavy atom. The molecule has 2 aromatic carbocycles. The molecule has 0 spiro atoms. The van der Waals surface area contributed by atoms with Gasteiger partial charge in [0.2, 0.25) is 0 Å². The molecule has 31 heavy (non-hydrogen) atoms. The second-order valence-electron chi connectivity index (χ2n) is 8.59. The highest BCUT2D eigenvalue weighted by atomic mass is 35.5. The van der Waals surface area contributed by atoms with Gasteiger partial charge in [-0.3, -0.25) is 4.21 Å². The molecule has 0 amide bonds. The summed E-state index contributed by atoms with van der Waals surface area (Å²) in [6.07, 6.45) is 4.62. The average molecular weight is 466 g/mol. The number of fused-ring (bicyclic) bond motifs is 1. The summed E-state index contributed by atoms with van der Waals surface area (Å²) in [7, 11) is 1.93. The quantitative estimate of drug-likeness (QED) is 0.548. The Morgan fingerprint density at radius 1 is 1.32 bits per heavy atom. The largest absolute Gasteiger partial charge is 0.760 e. The van der Waals surface area contributed by atoms with Crippen LogP contribution in [0.25, 0.3) is 0 Å². The Balaban J connectivity index is 1.49. The first-order valence-corrected chi connectivity index (χ1v) is 12.1. The lowest BCUT2D eigenvalue weighted by Gasteiger charge is -2.43. The molecule has 1 fully saturated rings. The predicted octanol–water partition coefficient (Wildman–Crippen LogP) is 4.02. The Hall–Kier alpha value is -1.51. The van der Waals surface area contributed by atoms with Gasteiger partial charge in [0.1, 0.15) is 0 Å². The lowest BCUT2D eigenvalue weighted by Crippen LogP contribution is -2.52. The normalized spacial score (nSPS) is 22.6. The lowest BCUT2D eigenvalue weighted by atomic mass is 9.75. The molecule has 3 atom stereocenters. The van der Waals surface area contributed by atoms with Gasteiger partial charge in [-0.25, -0.2) is 9.11 Å². The topological polar surface area (TPSA) is 73.4 Å². The molecule has 0 radical (unpaired) electrons. The van der Waals surface area contributed by atoms with Crippen molar-refractivity contribution >= 4 is 22.9 Å². The zero-order chi connectivity index (χ0) is 22.0. The zero-order valence-electron chi connectivity index (χ0n) is 17.5. The van der Waals surface area contributed by atoms with Gasteiger partial charge >= 0.3 is 0 Å². The van der Waals surface area contributed by atoms with E-state index in [4.69, 9.17) is 16.3 Å². The number of hydrogen-bond acceptors (Lipinski definition) is 4. The van der Waals surface area contributed by atoms with Gasteiger partial charge in [0.05, 0.1) is 6.61 Å². The van der Waals surface area contributed by atoms with Gasteiger partial charge in [0, 0.05) is 40.2 Å². The van der Waals surface area contributed by atoms with E-state index >= 15 is 0 Å². The van der Waals surface area contributed by atoms with E-state index in [-0.39, 0.29) is 30.1 Å². The second kappa shape index (κ2) is 9.55. The molecule has 3 unspecified atom stereocenters. The van der Waals surface area contributed by atoms with Crippen LogP contribution in [-0.4, -0.2) is 34.0 Å². The van der Waals surface area contributed by atoms with Crippen molar-refractivity contribution in [3.05, 3.63) is 63.9 Å². The fraction of sp³-hybridized carbons (Fsp3) is 0.478. The third-order valence-electron chi connectivity index (χ3n) is 6.68. The molecule has 0 bridgehead atoms. The van der Waals surface area contributed by atoms with Crippen molar-refractivity contribution in [1.82, 2.24) is 10.0 Å². The smallest absolute Gasteiger partial charge is 0.165 e. The molecule has 2 N–H and O–H groups in total. The van der Waals surface area contributed by atoms with Crippen molar-refractivity contribution in [2.75, 3.05) is 13.7 Å². The minimum atomic E-state index is -2.31. The molecule has 0 aromatic heterocycles. The Kier molecular flexibility index (Phi) is 6.98. The van der Waals surface area contributed by atoms with E-state index in [1.54, 1.807) is 6.07 Å². The minimum Gasteiger partial charge on any atom is -0.760 e. The van der Waals surface area contributed by atoms with Gasteiger partial charge in [-0.15, -0.1) is 0 Å². The number of likely N-dealkylation sites (N-methyl/N-ethyl adjacent to an activating group) is 1. The van der Waals surface area contributed by atoms with Gasteiger partial charge in [0.25, 0.3) is 0 Å². The first-order valence-electron chi connectivity index (χ1n) is 10.6. The van der Waals surface area contributed by atoms with Crippen LogP contribution in [0.2, 0.25) is 5.02 Å². The van der Waals surface area contributed by atoms with Crippen molar-refractivity contribution in [2.45, 2.75) is 56.0 Å². The standard InChI is InChI=1S/C23H28ClFN2O3S/c1-26-21-13-16-12-20(25)22(30-9-8-23(6-3-7-23)27-31(28)29)14-18(16)19(21)11-15-4-2-5-17(24)10-15/h2,4-5,10,12,14,19,21,26-27H,3,6-9,11,13H2,1H3,(H,28,29)/p-1. The van der Waals surface area contributed by atoms with Gasteiger partial charge in [-0.05, 0) is 80.1 Å². The summed E-state index contributed by atoms with van der Waals surface area (Å²) in [4.78, 5) is 0. The van der Waals surface area contributed by atoms with Crippen molar-refractivity contribution in [3.8, 4) is 5.75 Å². The van der Waals surface area contributed by atoms with E-state index < -0.39 is 16.8 Å². The molecule has 0 heterocycles. The molecule has 1 saturated carbocycles. The van der Waals surface area contributed by atoms with E-state index in [0.29, 0.717) is 11.4 Å². The fourth-order valence-corrected chi connectivity index (χ4v) is 5.72. The SMILES string of the molecule is CNC1Cc2cc(F)c(OCCC3(NS(=O)[O-])CCC3)cc2C1Cc1cccc(Cl)c1. The van der Waals surface area contributed by atoms with Crippen LogP contribution in [0.3, 0.4) is 0 Å². The first-order chi connectivity index (χ1) is 14.9. The zero-order valence-corrected chi connectivity index (χ0v) is 19.0. The molecule has 168 valence electrons. The van der Waals surface area contributed by atoms with Crippen molar-refractivity contribution in [3.63, 3.8) is 0 Å². The summed E-state index contributed by atoms with van der Waals surface area (Å²) in [6, 6.07) is 11.4. The lowest BCUT2D eigenvalue weighted by molar-refractivity contribution is 0.161. The van der Waals surface area contributed by atoms with Crippen LogP contribution in [0.4, 0.5) is 4.39 Å². The maximum atomic E-state index is 14.7. The van der Waals surface area contributed by atoms with E-state index in [1.807, 2.05) is 31.3 Å². The third kappa shape index (κ3) is 5.12. The number of benzene rings is 2. The van der Waals surface area contributed by atoms with E-state index in [9.17, 15) is 13.2 Å². The highest BCUT2D eigenvalue weighted by Gasteiger charge is 2.37. The average Bonchev–Trinajstić information content (AvgIpc) is 3.02. The number of rotatable bonds is 9. The molecule has 0 saturated heterocycles. The minimum absolute atomic E-state index is 0.184. The Bertz CT molecular complexity index is 970. The second-order valence-corrected chi connectivity index (χ2v) is 9.70. The third-order valence-corrected chi connectivity index (χ3v) is 7.52. The van der Waals surface area contributed by atoms with E-state index in [1.165, 1.54) is 0 Å². The monoisotopic (exact) mass is 465 g/mol. The highest BCUT2D eigenvalue weighted by Crippen LogP contribution is 2.40. The van der Waals surface area contributed by atoms with Crippen LogP contribution in [0.15, 0.2) is 36.4 Å². The van der Waals surface area contributed by atoms with Gasteiger partial charge in [-0.2, -0.15) is 0 Å². The highest BCUT2D eigenvalue weighted by molar-refractivity contribution is 7.77. The first kappa shape index (κ1) is 22.7. The van der Waals surface area contributed by atoms with Crippen LogP contribution < -0.4 is 14.8 Å². The van der Waals surface area contributed by atoms with E-state index in [0.717, 1.165) is 48.8 Å². The predicted molar refractivity (Wildman–Crippen MR) is 120 cm³/mol. The van der Waals surface area contributed by atoms with Crippen LogP contribution in [0, 0.1) is 5.82 Å². The summed E-state index contributed by atoms with van der Waals surface area (Å²) in [5, 5.41) is 4.07. The van der Waals surface area contributed by atoms with Gasteiger partial charge in [0.15, 0.2) is 11.6 Å². The Morgan fingerprint density at radius 2 is 2.13 bits per heavy atom. The molecule has 4 rings (SSSR count). The molecule has 0 aliphatic heterocycles. The number of hydrogen-bond donors (Lipinski definition) is 2. The van der Waals surface area contributed by atoms with Crippen LogP contribution in [0.5, 0.6) is 5.75 Å². The molecule has 8 heteroatoms. The van der Waals surface area contributed by atoms with Crippen molar-refractivity contribution < 1.29 is 17.9 Å². The van der Waals surface area contributed by atoms with Gasteiger partial charge < -0.3 is 14.6 Å². The van der Waals surface area contributed by atoms with E-state index in [2.05, 4.69) is 16.1 Å². The van der Waals surface area contributed by atoms with Crippen LogP contribution in [-0.2, 0) is 24.1 Å². The van der Waals surface area contributed by atoms with Gasteiger partial charge in [-0.1, -0.05) is 23.7 Å². The number of halogens is 2. The molecule has 2 aliphatic carbocycles. The molecule has 2 aliphatic rings. The summed E-state index contributed by atoms with van der Waals surface area (Å²) in [5.41, 5.74) is 2.77. The summed E-state index contributed by atoms with van der Waals surface area (Å²) < 4.78 is 45.3. The fourth-order valence-electron chi connectivity index (χ4n) is 4.85. The van der Waals surface area contributed by atoms with Crippen LogP contribution in [0.1, 0.15) is 48.3 Å². The summed E-state index contributed by atoms with van der Waals surface area (Å²) in [5.74, 6) is 0.0355.